The number of fused-ring (bicyclic) bond motifs is 2. The van der Waals surface area contributed by atoms with Gasteiger partial charge in [0.1, 0.15) is 39.2 Å². The van der Waals surface area contributed by atoms with Crippen LogP contribution in [-0.2, 0) is 37.1 Å². The number of hydrogen-bond acceptors (Lipinski definition) is 13. The van der Waals surface area contributed by atoms with Crippen molar-refractivity contribution in [1.82, 2.24) is 30.1 Å². The van der Waals surface area contributed by atoms with E-state index in [0.717, 1.165) is 21.8 Å². The number of nitrogens with two attached hydrogens (primary N) is 2. The molecule has 244 valence electrons. The number of likely N-dealkylation sites (N-methyl/N-ethyl adjacent to an activating group) is 1. The van der Waals surface area contributed by atoms with E-state index >= 15 is 0 Å². The third-order valence-electron chi connectivity index (χ3n) is 7.35. The molecular formula is C26H30ClN10O7S2+. The van der Waals surface area contributed by atoms with E-state index in [-0.39, 0.29) is 39.2 Å². The number of anilines is 2. The van der Waals surface area contributed by atoms with Crippen LogP contribution < -0.4 is 26.7 Å². The maximum Gasteiger partial charge on any atom is 0.352 e. The molecule has 0 aromatic carbocycles. The molecule has 8 N–H and O–H groups in total. The van der Waals surface area contributed by atoms with Crippen LogP contribution in [0.5, 0.6) is 0 Å². The Bertz CT molecular complexity index is 1810. The number of rotatable bonds is 12. The van der Waals surface area contributed by atoms with E-state index < -0.39 is 47.0 Å². The Hall–Kier alpha value is -4.46. The average molecular weight is 694 g/mol. The monoisotopic (exact) mass is 693 g/mol. The minimum absolute atomic E-state index is 0.0111. The van der Waals surface area contributed by atoms with Crippen LogP contribution >= 0.6 is 34.7 Å². The zero-order valence-electron chi connectivity index (χ0n) is 24.6. The number of hydrogen-bond donors (Lipinski definition) is 6. The van der Waals surface area contributed by atoms with Crippen LogP contribution in [0.4, 0.5) is 11.1 Å². The summed E-state index contributed by atoms with van der Waals surface area (Å²) < 4.78 is 3.64. The summed E-state index contributed by atoms with van der Waals surface area (Å²) in [6, 6.07) is 2.67. The minimum Gasteiger partial charge on any atom is -0.478 e. The minimum atomic E-state index is -1.42. The molecule has 1 fully saturated rings. The van der Waals surface area contributed by atoms with Crippen LogP contribution in [0.1, 0.15) is 19.5 Å². The second-order valence-electron chi connectivity index (χ2n) is 10.4. The van der Waals surface area contributed by atoms with Crippen molar-refractivity contribution in [2.24, 2.45) is 5.16 Å². The first kappa shape index (κ1) is 32.9. The van der Waals surface area contributed by atoms with E-state index in [9.17, 15) is 24.3 Å². The van der Waals surface area contributed by atoms with Crippen molar-refractivity contribution in [1.29, 1.82) is 0 Å². The normalized spacial score (nSPS) is 19.4. The molecule has 0 saturated carbocycles. The summed E-state index contributed by atoms with van der Waals surface area (Å²) in [6.07, 6.45) is 0.342. The van der Waals surface area contributed by atoms with Crippen molar-refractivity contribution in [3.63, 3.8) is 0 Å². The molecule has 4 atom stereocenters. The third-order valence-corrected chi connectivity index (χ3v) is 9.77. The molecule has 0 aliphatic carbocycles. The molecule has 5 heterocycles. The fourth-order valence-corrected chi connectivity index (χ4v) is 7.16. The van der Waals surface area contributed by atoms with Crippen molar-refractivity contribution >= 4 is 86.4 Å². The molecule has 20 heteroatoms. The van der Waals surface area contributed by atoms with Crippen molar-refractivity contribution in [2.45, 2.75) is 50.5 Å². The standard InChI is InChI=1S/C26H29ClN10O7S2/c1-10(30-3)7-36-13-5-4-6-35(19(13)33-25(36)28)8-12-9-45-22-16(21(39)37(22)17(12)24(42)43)31-20(38)15(34-44-11(2)23(40)41)14-18(27)46-26(29)32-14/h4-6,10-11,16,22,28,30H,7-9H2,1-3H3,(H5,29,31,32,38,40,41,42,43)/p+1/t10-,11-,16?,22?/m0/s1. The zero-order valence-corrected chi connectivity index (χ0v) is 27.0. The van der Waals surface area contributed by atoms with Gasteiger partial charge >= 0.3 is 23.5 Å². The summed E-state index contributed by atoms with van der Waals surface area (Å²) in [5.74, 6) is -3.71. The molecule has 2 unspecified atom stereocenters. The Balaban J connectivity index is 1.39. The maximum absolute atomic E-state index is 13.4. The number of aliphatic carboxylic acids is 2. The highest BCUT2D eigenvalue weighted by molar-refractivity contribution is 8.00. The summed E-state index contributed by atoms with van der Waals surface area (Å²) in [7, 11) is 1.84. The van der Waals surface area contributed by atoms with Gasteiger partial charge in [0.05, 0.1) is 6.20 Å². The number of nitrogens with one attached hydrogen (secondary N) is 2. The average Bonchev–Trinajstić information content (AvgIpc) is 3.52. The van der Waals surface area contributed by atoms with Crippen molar-refractivity contribution < 1.29 is 38.8 Å². The fraction of sp³-hybridized carbons (Fsp3) is 0.385. The maximum atomic E-state index is 13.4. The van der Waals surface area contributed by atoms with Crippen LogP contribution in [0.3, 0.4) is 0 Å². The number of oxime groups is 1. The molecule has 17 nitrogen and oxygen atoms in total. The summed E-state index contributed by atoms with van der Waals surface area (Å²) in [5, 5.41) is 28.0. The van der Waals surface area contributed by atoms with E-state index in [1.165, 1.54) is 18.7 Å². The smallest absolute Gasteiger partial charge is 0.352 e. The summed E-state index contributed by atoms with van der Waals surface area (Å²) in [4.78, 5) is 65.0. The number of thiazole rings is 1. The van der Waals surface area contributed by atoms with Crippen molar-refractivity contribution in [3.05, 3.63) is 39.6 Å². The second-order valence-corrected chi connectivity index (χ2v) is 13.2. The predicted octanol–water partition coefficient (Wildman–Crippen LogP) is -0.161. The molecule has 0 radical (unpaired) electrons. The number of imidazole rings is 1. The van der Waals surface area contributed by atoms with Gasteiger partial charge in [-0.2, -0.15) is 0 Å². The number of carbonyl (C=O) groups excluding carboxylic acids is 2. The Morgan fingerprint density at radius 1 is 1.28 bits per heavy atom. The van der Waals surface area contributed by atoms with Gasteiger partial charge in [0.25, 0.3) is 11.8 Å². The zero-order chi connectivity index (χ0) is 33.4. The number of halogens is 1. The first-order valence-electron chi connectivity index (χ1n) is 13.7. The van der Waals surface area contributed by atoms with E-state index in [2.05, 4.69) is 25.8 Å². The molecule has 3 aromatic heterocycles. The molecule has 2 aliphatic heterocycles. The van der Waals surface area contributed by atoms with Crippen molar-refractivity contribution in [2.75, 3.05) is 24.3 Å². The lowest BCUT2D eigenvalue weighted by Gasteiger charge is -2.49. The molecule has 2 amide bonds. The van der Waals surface area contributed by atoms with Crippen LogP contribution in [0.15, 0.2) is 34.8 Å². The van der Waals surface area contributed by atoms with Gasteiger partial charge in [-0.15, -0.1) is 11.8 Å². The van der Waals surface area contributed by atoms with Gasteiger partial charge < -0.3 is 37.2 Å². The number of carboxylic acids is 2. The Morgan fingerprint density at radius 3 is 2.65 bits per heavy atom. The third kappa shape index (κ3) is 6.17. The van der Waals surface area contributed by atoms with Gasteiger partial charge in [0.15, 0.2) is 10.8 Å². The molecular weight excluding hydrogens is 664 g/mol. The van der Waals surface area contributed by atoms with Gasteiger partial charge in [-0.25, -0.2) is 19.1 Å². The van der Waals surface area contributed by atoms with Crippen LogP contribution in [-0.4, -0.2) is 95.5 Å². The number of nitrogen functional groups attached to an aromatic ring is 2. The first-order valence-corrected chi connectivity index (χ1v) is 16.0. The quantitative estimate of drug-likeness (QED) is 0.0626. The topological polar surface area (TPSA) is 244 Å². The van der Waals surface area contributed by atoms with Crippen LogP contribution in [0.25, 0.3) is 11.2 Å². The second kappa shape index (κ2) is 13.1. The fourth-order valence-electron chi connectivity index (χ4n) is 4.89. The number of β-lactam (4-membered cyclic amide) rings is 1. The van der Waals surface area contributed by atoms with Gasteiger partial charge in [-0.3, -0.25) is 19.1 Å². The predicted molar refractivity (Wildman–Crippen MR) is 169 cm³/mol. The molecule has 3 aromatic rings. The highest BCUT2D eigenvalue weighted by Gasteiger charge is 2.54. The highest BCUT2D eigenvalue weighted by Crippen LogP contribution is 2.40. The molecule has 0 bridgehead atoms. The molecule has 5 rings (SSSR count). The van der Waals surface area contributed by atoms with E-state index in [1.807, 2.05) is 30.7 Å². The van der Waals surface area contributed by atoms with E-state index in [4.69, 9.17) is 33.0 Å². The van der Waals surface area contributed by atoms with E-state index in [0.29, 0.717) is 23.7 Å². The lowest BCUT2D eigenvalue weighted by atomic mass is 10.0. The lowest BCUT2D eigenvalue weighted by Crippen LogP contribution is -2.71. The van der Waals surface area contributed by atoms with Gasteiger partial charge in [-0.1, -0.05) is 28.1 Å². The Kier molecular flexibility index (Phi) is 9.38. The van der Waals surface area contributed by atoms with Gasteiger partial charge in [0, 0.05) is 23.9 Å². The molecule has 2 aliphatic rings. The summed E-state index contributed by atoms with van der Waals surface area (Å²) in [5.41, 5.74) is 12.9. The lowest BCUT2D eigenvalue weighted by molar-refractivity contribution is -0.664. The highest BCUT2D eigenvalue weighted by atomic mass is 35.5. The number of pyridine rings is 1. The molecule has 1 saturated heterocycles. The molecule has 46 heavy (non-hydrogen) atoms. The number of thioether (sulfide) groups is 1. The van der Waals surface area contributed by atoms with Gasteiger partial charge in [0.2, 0.25) is 6.10 Å². The Labute approximate surface area is 274 Å². The number of amides is 2. The molecule has 0 spiro atoms. The SMILES string of the molecule is CN[C@@H](C)Cn1c(N)nc2c1ccc[n+]2CC1=C(C(=O)O)N2C(=O)C(NC(=O)C(=NO[C@@H](C)C(=O)O)c3nc(N)sc3Cl)C2SC1. The van der Waals surface area contributed by atoms with Gasteiger partial charge in [-0.05, 0) is 38.0 Å². The first-order chi connectivity index (χ1) is 21.8. The number of nitrogens with zero attached hydrogens (tertiary/aromatic N) is 6. The number of carboxylic acid groups (broad SMARTS) is 2. The summed E-state index contributed by atoms with van der Waals surface area (Å²) >= 11 is 8.29. The number of carbonyl (C=O) groups is 4. The van der Waals surface area contributed by atoms with Crippen LogP contribution in [0.2, 0.25) is 4.34 Å². The Morgan fingerprint density at radius 2 is 2.02 bits per heavy atom. The summed E-state index contributed by atoms with van der Waals surface area (Å²) in [6.45, 7) is 3.90. The number of aromatic nitrogens is 4. The largest absolute Gasteiger partial charge is 0.478 e. The van der Waals surface area contributed by atoms with Crippen molar-refractivity contribution in [3.8, 4) is 0 Å². The van der Waals surface area contributed by atoms with Crippen LogP contribution in [0, 0.1) is 0 Å². The van der Waals surface area contributed by atoms with E-state index in [1.54, 1.807) is 10.8 Å².